The van der Waals surface area contributed by atoms with Crippen molar-refractivity contribution in [2.24, 2.45) is 0 Å². The molecule has 1 aromatic heterocycles. The van der Waals surface area contributed by atoms with E-state index in [4.69, 9.17) is 4.74 Å². The fourth-order valence-electron chi connectivity index (χ4n) is 3.29. The number of aromatic nitrogens is 1. The summed E-state index contributed by atoms with van der Waals surface area (Å²) >= 11 is 0. The highest BCUT2D eigenvalue weighted by Gasteiger charge is 2.30. The molecule has 0 amide bonds. The van der Waals surface area contributed by atoms with Crippen LogP contribution in [-0.4, -0.2) is 45.9 Å². The minimum Gasteiger partial charge on any atom is -0.378 e. The Hall–Kier alpha value is -1.77. The Balaban J connectivity index is 2.05. The maximum Gasteiger partial charge on any atom is 0.215 e. The van der Waals surface area contributed by atoms with Gasteiger partial charge in [0.15, 0.2) is 0 Å². The highest BCUT2D eigenvalue weighted by Crippen LogP contribution is 2.31. The van der Waals surface area contributed by atoms with Crippen LogP contribution in [0.2, 0.25) is 0 Å². The van der Waals surface area contributed by atoms with Gasteiger partial charge in [-0.25, -0.2) is 17.5 Å². The van der Waals surface area contributed by atoms with Crippen molar-refractivity contribution in [2.75, 3.05) is 32.1 Å². The van der Waals surface area contributed by atoms with Crippen molar-refractivity contribution >= 4 is 26.6 Å². The van der Waals surface area contributed by atoms with E-state index in [9.17, 15) is 12.8 Å². The number of hydrogen-bond donors (Lipinski definition) is 1. The second-order valence-corrected chi connectivity index (χ2v) is 8.35. The molecule has 3 rings (SSSR count). The van der Waals surface area contributed by atoms with Crippen molar-refractivity contribution in [2.45, 2.75) is 24.7 Å². The number of benzene rings is 1. The molecule has 1 aromatic carbocycles. The van der Waals surface area contributed by atoms with E-state index < -0.39 is 15.3 Å². The molecule has 0 radical (unpaired) electrons. The average Bonchev–Trinajstić information content (AvgIpc) is 2.62. The van der Waals surface area contributed by atoms with Gasteiger partial charge in [0, 0.05) is 31.3 Å². The normalized spacial score (nSPS) is 18.7. The molecule has 0 spiro atoms. The molecule has 136 valence electrons. The largest absolute Gasteiger partial charge is 0.378 e. The summed E-state index contributed by atoms with van der Waals surface area (Å²) in [4.78, 5) is 6.50. The van der Waals surface area contributed by atoms with E-state index in [0.717, 1.165) is 24.3 Å². The molecule has 0 bridgehead atoms. The first-order valence-electron chi connectivity index (χ1n) is 8.20. The molecule has 1 aliphatic heterocycles. The predicted octanol–water partition coefficient (Wildman–Crippen LogP) is 2.04. The number of fused-ring (bicyclic) bond motifs is 1. The minimum atomic E-state index is -3.35. The van der Waals surface area contributed by atoms with Crippen LogP contribution in [0, 0.1) is 5.82 Å². The van der Waals surface area contributed by atoms with Crippen LogP contribution in [0.15, 0.2) is 24.3 Å². The van der Waals surface area contributed by atoms with Gasteiger partial charge < -0.3 is 9.64 Å². The Labute approximate surface area is 147 Å². The topological polar surface area (TPSA) is 71.5 Å². The molecule has 1 N–H and O–H groups in total. The van der Waals surface area contributed by atoms with Crippen LogP contribution in [0.1, 0.15) is 18.5 Å². The fourth-order valence-corrected chi connectivity index (χ4v) is 4.48. The van der Waals surface area contributed by atoms with Gasteiger partial charge in [-0.05, 0) is 44.2 Å². The second kappa shape index (κ2) is 7.23. The van der Waals surface area contributed by atoms with E-state index >= 15 is 0 Å². The lowest BCUT2D eigenvalue weighted by atomic mass is 10.1. The molecular formula is C17H22FN3O3S. The van der Waals surface area contributed by atoms with E-state index in [1.165, 1.54) is 19.2 Å². The molecule has 8 heteroatoms. The number of ether oxygens (including phenoxy) is 1. The van der Waals surface area contributed by atoms with Gasteiger partial charge in [-0.3, -0.25) is 4.98 Å². The lowest BCUT2D eigenvalue weighted by Gasteiger charge is -2.34. The summed E-state index contributed by atoms with van der Waals surface area (Å²) in [6.45, 7) is 1.43. The zero-order valence-corrected chi connectivity index (χ0v) is 15.1. The van der Waals surface area contributed by atoms with Gasteiger partial charge in [0.1, 0.15) is 5.82 Å². The third-order valence-corrected chi connectivity index (χ3v) is 6.37. The van der Waals surface area contributed by atoms with Gasteiger partial charge in [-0.15, -0.1) is 0 Å². The number of piperidine rings is 1. The predicted molar refractivity (Wildman–Crippen MR) is 95.6 cm³/mol. The first-order valence-corrected chi connectivity index (χ1v) is 9.74. The van der Waals surface area contributed by atoms with E-state index in [0.29, 0.717) is 30.5 Å². The van der Waals surface area contributed by atoms with Crippen LogP contribution in [0.25, 0.3) is 10.9 Å². The van der Waals surface area contributed by atoms with E-state index in [1.807, 2.05) is 11.0 Å². The van der Waals surface area contributed by atoms with Crippen molar-refractivity contribution in [1.29, 1.82) is 0 Å². The maximum absolute atomic E-state index is 13.8. The molecule has 1 atom stereocenters. The van der Waals surface area contributed by atoms with Gasteiger partial charge in [-0.2, -0.15) is 0 Å². The number of pyridine rings is 1. The molecule has 1 saturated heterocycles. The number of rotatable bonds is 5. The van der Waals surface area contributed by atoms with Gasteiger partial charge in [0.25, 0.3) is 0 Å². The standard InChI is InChI=1S/C17H22FN3O3S/c1-19-25(22,23)14-4-3-7-21(10-14)17-9-13(11-24-2)20-16-6-5-12(18)8-15(16)17/h5-6,8-9,14,19H,3-4,7,10-11H2,1-2H3. The zero-order chi connectivity index (χ0) is 18.0. The number of halogens is 1. The Morgan fingerprint density at radius 3 is 2.92 bits per heavy atom. The van der Waals surface area contributed by atoms with Gasteiger partial charge >= 0.3 is 0 Å². The second-order valence-electron chi connectivity index (χ2n) is 6.19. The lowest BCUT2D eigenvalue weighted by Crippen LogP contribution is -2.45. The number of nitrogens with one attached hydrogen (secondary N) is 1. The monoisotopic (exact) mass is 367 g/mol. The summed E-state index contributed by atoms with van der Waals surface area (Å²) in [5.74, 6) is -0.341. The molecule has 0 aliphatic carbocycles. The summed E-state index contributed by atoms with van der Waals surface area (Å²) in [6.07, 6.45) is 1.37. The smallest absolute Gasteiger partial charge is 0.215 e. The number of hydrogen-bond acceptors (Lipinski definition) is 5. The third kappa shape index (κ3) is 3.75. The summed E-state index contributed by atoms with van der Waals surface area (Å²) < 4.78 is 45.7. The highest BCUT2D eigenvalue weighted by atomic mass is 32.2. The third-order valence-electron chi connectivity index (χ3n) is 4.54. The summed E-state index contributed by atoms with van der Waals surface area (Å²) in [5, 5.41) is 0.191. The highest BCUT2D eigenvalue weighted by molar-refractivity contribution is 7.90. The average molecular weight is 367 g/mol. The van der Waals surface area contributed by atoms with Crippen LogP contribution >= 0.6 is 0 Å². The van der Waals surface area contributed by atoms with Gasteiger partial charge in [-0.1, -0.05) is 0 Å². The molecule has 6 nitrogen and oxygen atoms in total. The molecule has 2 aromatic rings. The Morgan fingerprint density at radius 2 is 2.20 bits per heavy atom. The number of anilines is 1. The number of methoxy groups -OCH3 is 1. The zero-order valence-electron chi connectivity index (χ0n) is 14.3. The number of sulfonamides is 1. The SMILES string of the molecule is CNS(=O)(=O)C1CCCN(c2cc(COC)nc3ccc(F)cc23)C1. The maximum atomic E-state index is 13.8. The number of nitrogens with zero attached hydrogens (tertiary/aromatic N) is 2. The van der Waals surface area contributed by atoms with Crippen molar-refractivity contribution in [1.82, 2.24) is 9.71 Å². The first-order chi connectivity index (χ1) is 11.9. The van der Waals surface area contributed by atoms with Crippen LogP contribution in [0.5, 0.6) is 0 Å². The van der Waals surface area contributed by atoms with Gasteiger partial charge in [0.2, 0.25) is 10.0 Å². The molecule has 2 heterocycles. The van der Waals surface area contributed by atoms with Crippen LogP contribution in [0.3, 0.4) is 0 Å². The lowest BCUT2D eigenvalue weighted by molar-refractivity contribution is 0.182. The summed E-state index contributed by atoms with van der Waals surface area (Å²) in [6, 6.07) is 6.32. The molecule has 1 aliphatic rings. The Kier molecular flexibility index (Phi) is 5.21. The van der Waals surface area contributed by atoms with Crippen LogP contribution in [0.4, 0.5) is 10.1 Å². The summed E-state index contributed by atoms with van der Waals surface area (Å²) in [5.41, 5.74) is 2.20. The van der Waals surface area contributed by atoms with Crippen LogP contribution in [-0.2, 0) is 21.4 Å². The van der Waals surface area contributed by atoms with E-state index in [2.05, 4.69) is 9.71 Å². The first kappa shape index (κ1) is 18.0. The quantitative estimate of drug-likeness (QED) is 0.876. The van der Waals surface area contributed by atoms with Gasteiger partial charge in [0.05, 0.1) is 23.1 Å². The Bertz CT molecular complexity index is 873. The molecule has 1 unspecified atom stereocenters. The summed E-state index contributed by atoms with van der Waals surface area (Å²) in [7, 11) is -0.327. The van der Waals surface area contributed by atoms with Crippen molar-refractivity contribution in [3.8, 4) is 0 Å². The molecule has 25 heavy (non-hydrogen) atoms. The van der Waals surface area contributed by atoms with Crippen molar-refractivity contribution < 1.29 is 17.5 Å². The van der Waals surface area contributed by atoms with E-state index in [-0.39, 0.29) is 5.82 Å². The minimum absolute atomic E-state index is 0.340. The van der Waals surface area contributed by atoms with E-state index in [1.54, 1.807) is 13.2 Å². The van der Waals surface area contributed by atoms with Crippen molar-refractivity contribution in [3.63, 3.8) is 0 Å². The molecule has 0 saturated carbocycles. The molecular weight excluding hydrogens is 345 g/mol. The van der Waals surface area contributed by atoms with Crippen molar-refractivity contribution in [3.05, 3.63) is 35.8 Å². The Morgan fingerprint density at radius 1 is 1.40 bits per heavy atom. The van der Waals surface area contributed by atoms with Crippen LogP contribution < -0.4 is 9.62 Å². The fraction of sp³-hybridized carbons (Fsp3) is 0.471. The molecule has 1 fully saturated rings.